The first-order valence-electron chi connectivity index (χ1n) is 9.55. The molecule has 6 nitrogen and oxygen atoms in total. The number of benzene rings is 2. The van der Waals surface area contributed by atoms with Gasteiger partial charge in [0.25, 0.3) is 0 Å². The second kappa shape index (κ2) is 8.49. The van der Waals surface area contributed by atoms with Crippen molar-refractivity contribution < 1.29 is 9.36 Å². The maximum atomic E-state index is 13.0. The smallest absolute Gasteiger partial charge is 0.328 e. The number of hydrogen-bond donors (Lipinski definition) is 2. The molecule has 29 heavy (non-hydrogen) atoms. The largest absolute Gasteiger partial charge is 0.336 e. The summed E-state index contributed by atoms with van der Waals surface area (Å²) in [5, 5.41) is 7.16. The van der Waals surface area contributed by atoms with Gasteiger partial charge in [-0.05, 0) is 42.4 Å². The Morgan fingerprint density at radius 3 is 2.79 bits per heavy atom. The highest BCUT2D eigenvalue weighted by atomic mass is 35.5. The average molecular weight is 429 g/mol. The Morgan fingerprint density at radius 1 is 1.24 bits per heavy atom. The van der Waals surface area contributed by atoms with Gasteiger partial charge in [0.15, 0.2) is 0 Å². The molecule has 0 radical (unpaired) electrons. The fourth-order valence-corrected chi connectivity index (χ4v) is 3.94. The Bertz CT molecular complexity index is 1080. The normalized spacial score (nSPS) is 17.0. The van der Waals surface area contributed by atoms with Crippen LogP contribution in [0.5, 0.6) is 0 Å². The quantitative estimate of drug-likeness (QED) is 0.485. The molecule has 0 spiro atoms. The van der Waals surface area contributed by atoms with Crippen LogP contribution in [0, 0.1) is 11.7 Å². The maximum absolute atomic E-state index is 13.0. The third-order valence-corrected chi connectivity index (χ3v) is 5.82. The summed E-state index contributed by atoms with van der Waals surface area (Å²) < 4.78 is 4.25. The molecule has 1 aliphatic rings. The first kappa shape index (κ1) is 19.8. The number of aryl methyl sites for hydroxylation is 1. The number of halogens is 1. The third-order valence-electron chi connectivity index (χ3n) is 5.12. The van der Waals surface area contributed by atoms with E-state index in [0.29, 0.717) is 29.4 Å². The molecular formula is C21H23ClN5OS+. The number of carbonyl (C=O) groups is 1. The lowest BCUT2D eigenvalue weighted by atomic mass is 10.1. The number of aromatic nitrogens is 3. The van der Waals surface area contributed by atoms with E-state index < -0.39 is 0 Å². The van der Waals surface area contributed by atoms with Gasteiger partial charge >= 0.3 is 4.77 Å². The number of nitrogens with one attached hydrogen (secondary N) is 2. The fourth-order valence-electron chi connectivity index (χ4n) is 3.50. The Balaban J connectivity index is 1.49. The van der Waals surface area contributed by atoms with E-state index in [-0.39, 0.29) is 11.9 Å². The SMILES string of the molecule is Cc1ccc(-[n+]2cn(CC3NCCN(Cc4ccccc4)C3=O)[nH]c2=S)cc1Cl. The molecule has 2 aromatic carbocycles. The van der Waals surface area contributed by atoms with Crippen LogP contribution in [-0.4, -0.2) is 39.7 Å². The minimum absolute atomic E-state index is 0.0954. The monoisotopic (exact) mass is 428 g/mol. The van der Waals surface area contributed by atoms with Crippen LogP contribution >= 0.6 is 23.8 Å². The molecule has 1 aliphatic heterocycles. The van der Waals surface area contributed by atoms with Crippen LogP contribution in [0.3, 0.4) is 0 Å². The van der Waals surface area contributed by atoms with Gasteiger partial charge in [-0.1, -0.05) is 48.0 Å². The van der Waals surface area contributed by atoms with Gasteiger partial charge < -0.3 is 10.2 Å². The molecule has 1 saturated heterocycles. The van der Waals surface area contributed by atoms with E-state index in [1.165, 1.54) is 0 Å². The van der Waals surface area contributed by atoms with Crippen molar-refractivity contribution in [3.8, 4) is 5.69 Å². The van der Waals surface area contributed by atoms with Gasteiger partial charge in [-0.2, -0.15) is 9.25 Å². The van der Waals surface area contributed by atoms with Gasteiger partial charge in [0.2, 0.25) is 12.2 Å². The minimum atomic E-state index is -0.305. The van der Waals surface area contributed by atoms with Crippen molar-refractivity contribution in [1.82, 2.24) is 20.0 Å². The molecule has 0 aliphatic carbocycles. The highest BCUT2D eigenvalue weighted by Crippen LogP contribution is 2.16. The minimum Gasteiger partial charge on any atom is -0.336 e. The van der Waals surface area contributed by atoms with E-state index in [9.17, 15) is 4.79 Å². The molecule has 1 unspecified atom stereocenters. The van der Waals surface area contributed by atoms with Crippen LogP contribution in [0.1, 0.15) is 11.1 Å². The Labute approximate surface area is 179 Å². The second-order valence-electron chi connectivity index (χ2n) is 7.24. The van der Waals surface area contributed by atoms with Gasteiger partial charge in [0.1, 0.15) is 18.3 Å². The van der Waals surface area contributed by atoms with E-state index in [2.05, 4.69) is 10.4 Å². The maximum Gasteiger partial charge on any atom is 0.328 e. The molecular weight excluding hydrogens is 406 g/mol. The first-order chi connectivity index (χ1) is 14.0. The van der Waals surface area contributed by atoms with Gasteiger partial charge in [-0.15, -0.1) is 5.10 Å². The topological polar surface area (TPSA) is 56.9 Å². The molecule has 1 amide bonds. The predicted octanol–water partition coefficient (Wildman–Crippen LogP) is 2.78. The molecule has 1 aromatic heterocycles. The second-order valence-corrected chi connectivity index (χ2v) is 8.03. The zero-order chi connectivity index (χ0) is 20.4. The molecule has 0 bridgehead atoms. The predicted molar refractivity (Wildman–Crippen MR) is 115 cm³/mol. The molecule has 3 aromatic rings. The highest BCUT2D eigenvalue weighted by molar-refractivity contribution is 7.71. The van der Waals surface area contributed by atoms with Crippen LogP contribution < -0.4 is 9.88 Å². The van der Waals surface area contributed by atoms with Crippen molar-refractivity contribution in [2.75, 3.05) is 13.1 Å². The van der Waals surface area contributed by atoms with E-state index in [1.54, 1.807) is 0 Å². The molecule has 2 heterocycles. The van der Waals surface area contributed by atoms with Gasteiger partial charge in [-0.3, -0.25) is 4.79 Å². The molecule has 2 N–H and O–H groups in total. The summed E-state index contributed by atoms with van der Waals surface area (Å²) in [6.45, 7) is 4.53. The molecule has 1 fully saturated rings. The summed E-state index contributed by atoms with van der Waals surface area (Å²) >= 11 is 11.7. The van der Waals surface area contributed by atoms with Gasteiger partial charge in [-0.25, -0.2) is 0 Å². The van der Waals surface area contributed by atoms with E-state index in [0.717, 1.165) is 23.4 Å². The van der Waals surface area contributed by atoms with Crippen LogP contribution in [0.25, 0.3) is 5.69 Å². The molecule has 1 atom stereocenters. The summed E-state index contributed by atoms with van der Waals surface area (Å²) in [7, 11) is 0. The van der Waals surface area contributed by atoms with E-state index in [1.807, 2.05) is 75.9 Å². The van der Waals surface area contributed by atoms with Crippen molar-refractivity contribution in [1.29, 1.82) is 0 Å². The molecule has 4 rings (SSSR count). The number of hydrogen-bond acceptors (Lipinski definition) is 3. The lowest BCUT2D eigenvalue weighted by Crippen LogP contribution is -2.56. The summed E-state index contributed by atoms with van der Waals surface area (Å²) in [6, 6.07) is 15.6. The van der Waals surface area contributed by atoms with E-state index in [4.69, 9.17) is 23.8 Å². The summed E-state index contributed by atoms with van der Waals surface area (Å²) in [5.41, 5.74) is 3.03. The number of aromatic amines is 1. The first-order valence-corrected chi connectivity index (χ1v) is 10.3. The summed E-state index contributed by atoms with van der Waals surface area (Å²) in [5.74, 6) is 0.0954. The van der Waals surface area contributed by atoms with Crippen molar-refractivity contribution in [3.63, 3.8) is 0 Å². The van der Waals surface area contributed by atoms with Crippen molar-refractivity contribution in [3.05, 3.63) is 75.8 Å². The number of nitrogens with zero attached hydrogens (tertiary/aromatic N) is 3. The number of rotatable bonds is 5. The lowest BCUT2D eigenvalue weighted by molar-refractivity contribution is -0.603. The Morgan fingerprint density at radius 2 is 2.03 bits per heavy atom. The zero-order valence-electron chi connectivity index (χ0n) is 16.1. The Kier molecular flexibility index (Phi) is 5.80. The van der Waals surface area contributed by atoms with Gasteiger partial charge in [0.05, 0.1) is 0 Å². The molecule has 8 heteroatoms. The van der Waals surface area contributed by atoms with Crippen molar-refractivity contribution in [2.24, 2.45) is 0 Å². The van der Waals surface area contributed by atoms with Crippen LogP contribution in [0.15, 0.2) is 54.9 Å². The van der Waals surface area contributed by atoms with Crippen LogP contribution in [0.2, 0.25) is 5.02 Å². The molecule has 0 saturated carbocycles. The lowest BCUT2D eigenvalue weighted by Gasteiger charge is -2.32. The van der Waals surface area contributed by atoms with Crippen LogP contribution in [-0.2, 0) is 17.9 Å². The summed E-state index contributed by atoms with van der Waals surface area (Å²) in [4.78, 5) is 14.9. The van der Waals surface area contributed by atoms with Crippen LogP contribution in [0.4, 0.5) is 0 Å². The highest BCUT2D eigenvalue weighted by Gasteiger charge is 2.30. The number of carbonyl (C=O) groups excluding carboxylic acids is 1. The number of piperazine rings is 1. The van der Waals surface area contributed by atoms with E-state index >= 15 is 0 Å². The Hall–Kier alpha value is -2.48. The van der Waals surface area contributed by atoms with Crippen molar-refractivity contribution >= 4 is 29.7 Å². The van der Waals surface area contributed by atoms with Crippen molar-refractivity contribution in [2.45, 2.75) is 26.1 Å². The van der Waals surface area contributed by atoms with Gasteiger partial charge in [0, 0.05) is 24.7 Å². The molecule has 150 valence electrons. The summed E-state index contributed by atoms with van der Waals surface area (Å²) in [6.07, 6.45) is 1.87. The fraction of sp³-hybridized carbons (Fsp3) is 0.286. The third kappa shape index (κ3) is 4.42. The number of H-pyrrole nitrogens is 1. The average Bonchev–Trinajstić information content (AvgIpc) is 3.08. The zero-order valence-corrected chi connectivity index (χ0v) is 17.7. The number of amides is 1. The standard InChI is InChI=1S/C21H22ClN5OS/c1-15-7-8-17(11-18(15)22)27-14-26(24-21(27)29)13-19-20(28)25(10-9-23-19)12-16-5-3-2-4-6-16/h2-8,11,14,19,23H,9-10,12-13H2,1H3/p+1.